The van der Waals surface area contributed by atoms with Crippen LogP contribution in [0.1, 0.15) is 50.4 Å². The van der Waals surface area contributed by atoms with E-state index >= 15 is 0 Å². The molecule has 1 aromatic heterocycles. The first-order valence-electron chi connectivity index (χ1n) is 10.4. The molecule has 2 saturated heterocycles. The average molecular weight is 377 g/mol. The number of carbonyl (C=O) groups excluding carboxylic acids is 1. The fourth-order valence-electron chi connectivity index (χ4n) is 4.75. The van der Waals surface area contributed by atoms with Gasteiger partial charge in [0.1, 0.15) is 0 Å². The zero-order chi connectivity index (χ0) is 18.7. The number of fused-ring (bicyclic) bond motifs is 2. The van der Waals surface area contributed by atoms with Crippen LogP contribution in [0, 0.1) is 0 Å². The van der Waals surface area contributed by atoms with Gasteiger partial charge in [-0.05, 0) is 32.6 Å². The second-order valence-electron chi connectivity index (χ2n) is 7.73. The molecule has 1 amide bonds. The van der Waals surface area contributed by atoms with E-state index in [1.807, 2.05) is 6.33 Å². The molecule has 1 aromatic rings. The van der Waals surface area contributed by atoms with Crippen LogP contribution in [0.15, 0.2) is 6.33 Å². The van der Waals surface area contributed by atoms with E-state index in [2.05, 4.69) is 16.4 Å². The van der Waals surface area contributed by atoms with Crippen molar-refractivity contribution in [1.29, 1.82) is 0 Å². The van der Waals surface area contributed by atoms with Gasteiger partial charge < -0.3 is 23.7 Å². The average Bonchev–Trinajstić information content (AvgIpc) is 3.36. The van der Waals surface area contributed by atoms with Gasteiger partial charge in [-0.1, -0.05) is 0 Å². The SMILES string of the molecule is CCn1cnc2c1CCN(C(=O)CCOCC1CCCO1)C21CCOCC1. The van der Waals surface area contributed by atoms with Gasteiger partial charge in [0, 0.05) is 45.0 Å². The van der Waals surface area contributed by atoms with Crippen molar-refractivity contribution in [3.8, 4) is 0 Å². The number of amides is 1. The Labute approximate surface area is 161 Å². The minimum atomic E-state index is -0.308. The normalized spacial score (nSPS) is 24.3. The summed E-state index contributed by atoms with van der Waals surface area (Å²) >= 11 is 0. The minimum absolute atomic E-state index is 0.168. The van der Waals surface area contributed by atoms with Gasteiger partial charge in [0.2, 0.25) is 5.91 Å². The fraction of sp³-hybridized carbons (Fsp3) is 0.800. The molecule has 0 bridgehead atoms. The number of hydrogen-bond donors (Lipinski definition) is 0. The summed E-state index contributed by atoms with van der Waals surface area (Å²) in [6, 6.07) is 0. The molecule has 3 aliphatic heterocycles. The molecule has 2 fully saturated rings. The Kier molecular flexibility index (Phi) is 5.80. The summed E-state index contributed by atoms with van der Waals surface area (Å²) in [4.78, 5) is 19.9. The largest absolute Gasteiger partial charge is 0.381 e. The van der Waals surface area contributed by atoms with Crippen LogP contribution in [-0.2, 0) is 37.5 Å². The van der Waals surface area contributed by atoms with Crippen molar-refractivity contribution in [2.45, 2.75) is 63.6 Å². The molecule has 1 atom stereocenters. The molecule has 7 nitrogen and oxygen atoms in total. The third-order valence-electron chi connectivity index (χ3n) is 6.23. The summed E-state index contributed by atoms with van der Waals surface area (Å²) in [6.07, 6.45) is 7.24. The van der Waals surface area contributed by atoms with Gasteiger partial charge in [0.05, 0.1) is 43.3 Å². The van der Waals surface area contributed by atoms with Gasteiger partial charge in [0.25, 0.3) is 0 Å². The van der Waals surface area contributed by atoms with Crippen molar-refractivity contribution in [3.05, 3.63) is 17.7 Å². The van der Waals surface area contributed by atoms with Gasteiger partial charge in [-0.3, -0.25) is 4.79 Å². The second kappa shape index (κ2) is 8.29. The van der Waals surface area contributed by atoms with Crippen molar-refractivity contribution in [1.82, 2.24) is 14.5 Å². The highest BCUT2D eigenvalue weighted by molar-refractivity contribution is 5.78. The fourth-order valence-corrected chi connectivity index (χ4v) is 4.75. The number of aromatic nitrogens is 2. The van der Waals surface area contributed by atoms with E-state index < -0.39 is 0 Å². The molecule has 0 N–H and O–H groups in total. The Morgan fingerprint density at radius 1 is 1.37 bits per heavy atom. The summed E-state index contributed by atoms with van der Waals surface area (Å²) in [5.74, 6) is 0.168. The highest BCUT2D eigenvalue weighted by atomic mass is 16.5. The molecule has 27 heavy (non-hydrogen) atoms. The van der Waals surface area contributed by atoms with E-state index in [0.29, 0.717) is 32.8 Å². The molecule has 0 radical (unpaired) electrons. The zero-order valence-electron chi connectivity index (χ0n) is 16.3. The molecule has 0 saturated carbocycles. The molecule has 150 valence electrons. The summed E-state index contributed by atoms with van der Waals surface area (Å²) < 4.78 is 19.1. The topological polar surface area (TPSA) is 65.8 Å². The highest BCUT2D eigenvalue weighted by Gasteiger charge is 2.48. The van der Waals surface area contributed by atoms with Crippen LogP contribution < -0.4 is 0 Å². The van der Waals surface area contributed by atoms with Crippen LogP contribution in [-0.4, -0.2) is 66.0 Å². The Balaban J connectivity index is 1.43. The smallest absolute Gasteiger partial charge is 0.225 e. The lowest BCUT2D eigenvalue weighted by Crippen LogP contribution is -2.56. The van der Waals surface area contributed by atoms with Crippen LogP contribution in [0.3, 0.4) is 0 Å². The summed E-state index contributed by atoms with van der Waals surface area (Å²) in [5.41, 5.74) is 2.07. The van der Waals surface area contributed by atoms with E-state index in [0.717, 1.165) is 57.5 Å². The molecule has 1 unspecified atom stereocenters. The number of hydrogen-bond acceptors (Lipinski definition) is 5. The van der Waals surface area contributed by atoms with Gasteiger partial charge in [0.15, 0.2) is 0 Å². The Bertz CT molecular complexity index is 648. The van der Waals surface area contributed by atoms with Gasteiger partial charge >= 0.3 is 0 Å². The van der Waals surface area contributed by atoms with Crippen molar-refractivity contribution < 1.29 is 19.0 Å². The van der Waals surface area contributed by atoms with Crippen LogP contribution in [0.5, 0.6) is 0 Å². The standard InChI is InChI=1S/C20H31N3O4/c1-2-22-15-21-19-17(22)5-9-23(20(19)7-12-25-13-8-20)18(24)6-11-26-14-16-4-3-10-27-16/h15-16H,2-14H2,1H3. The van der Waals surface area contributed by atoms with Crippen molar-refractivity contribution in [3.63, 3.8) is 0 Å². The molecule has 0 aromatic carbocycles. The molecule has 1 spiro atoms. The monoisotopic (exact) mass is 377 g/mol. The lowest BCUT2D eigenvalue weighted by atomic mass is 9.80. The lowest BCUT2D eigenvalue weighted by Gasteiger charge is -2.48. The number of ether oxygens (including phenoxy) is 3. The summed E-state index contributed by atoms with van der Waals surface area (Å²) in [7, 11) is 0. The summed E-state index contributed by atoms with van der Waals surface area (Å²) in [5, 5.41) is 0. The summed E-state index contributed by atoms with van der Waals surface area (Å²) in [6.45, 7) is 7.05. The lowest BCUT2D eigenvalue weighted by molar-refractivity contribution is -0.145. The molecule has 0 aliphatic carbocycles. The van der Waals surface area contributed by atoms with E-state index in [1.165, 1.54) is 5.69 Å². The first-order valence-corrected chi connectivity index (χ1v) is 10.4. The van der Waals surface area contributed by atoms with Crippen molar-refractivity contribution in [2.75, 3.05) is 39.6 Å². The van der Waals surface area contributed by atoms with Crippen LogP contribution in [0.2, 0.25) is 0 Å². The maximum atomic E-state index is 13.1. The first kappa shape index (κ1) is 18.9. The predicted molar refractivity (Wildman–Crippen MR) is 99.5 cm³/mol. The van der Waals surface area contributed by atoms with Crippen LogP contribution in [0.4, 0.5) is 0 Å². The minimum Gasteiger partial charge on any atom is -0.381 e. The number of imidazole rings is 1. The van der Waals surface area contributed by atoms with Gasteiger partial charge in [-0.2, -0.15) is 0 Å². The number of rotatable bonds is 6. The number of aryl methyl sites for hydroxylation is 1. The molecule has 4 rings (SSSR count). The van der Waals surface area contributed by atoms with Gasteiger partial charge in [-0.15, -0.1) is 0 Å². The Hall–Kier alpha value is -1.44. The number of carbonyl (C=O) groups is 1. The van der Waals surface area contributed by atoms with E-state index in [1.54, 1.807) is 0 Å². The third-order valence-corrected chi connectivity index (χ3v) is 6.23. The molecule has 3 aliphatic rings. The van der Waals surface area contributed by atoms with Crippen LogP contribution >= 0.6 is 0 Å². The van der Waals surface area contributed by atoms with Crippen molar-refractivity contribution >= 4 is 5.91 Å². The maximum absolute atomic E-state index is 13.1. The molecule has 7 heteroatoms. The maximum Gasteiger partial charge on any atom is 0.225 e. The first-order chi connectivity index (χ1) is 13.2. The van der Waals surface area contributed by atoms with E-state index in [9.17, 15) is 4.79 Å². The predicted octanol–water partition coefficient (Wildman–Crippen LogP) is 1.88. The van der Waals surface area contributed by atoms with Crippen LogP contribution in [0.25, 0.3) is 0 Å². The molecular formula is C20H31N3O4. The second-order valence-corrected chi connectivity index (χ2v) is 7.73. The third kappa shape index (κ3) is 3.65. The molecular weight excluding hydrogens is 346 g/mol. The van der Waals surface area contributed by atoms with E-state index in [-0.39, 0.29) is 17.6 Å². The van der Waals surface area contributed by atoms with Crippen molar-refractivity contribution in [2.24, 2.45) is 0 Å². The highest BCUT2D eigenvalue weighted by Crippen LogP contribution is 2.42. The number of nitrogens with zero attached hydrogens (tertiary/aromatic N) is 3. The quantitative estimate of drug-likeness (QED) is 0.708. The molecule has 4 heterocycles. The Morgan fingerprint density at radius 3 is 2.96 bits per heavy atom. The van der Waals surface area contributed by atoms with Gasteiger partial charge in [-0.25, -0.2) is 4.98 Å². The Morgan fingerprint density at radius 2 is 2.22 bits per heavy atom. The zero-order valence-corrected chi connectivity index (χ0v) is 16.3. The van der Waals surface area contributed by atoms with E-state index in [4.69, 9.17) is 19.2 Å².